The fourth-order valence-corrected chi connectivity index (χ4v) is 8.30. The third kappa shape index (κ3) is 6.86. The Labute approximate surface area is 274 Å². The number of benzene rings is 1. The molecule has 6 heterocycles. The molecule has 4 N–H and O–H groups in total. The smallest absolute Gasteiger partial charge is 0.254 e. The standard InChI is InChI=1S/C32H44Cl2N10O/c1-20-3-2-4-29(26-13-21(7-12-36-26)32-27(37-16-20)17-43(40-32)23-8-10-35-11-9-23)42-19-38-25(15-31(42)45)24-14-22(33)5-6-28(24)44-18-30(34)39-41-44/h5-6,14-15,18-21,23,26-27,29,32,35-37,40H,2-4,7-13,16-17H2,1H3/t20-,21?,26?,27?,29+,32?/m1/s1. The first kappa shape index (κ1) is 31.2. The summed E-state index contributed by atoms with van der Waals surface area (Å²) in [6.07, 6.45) is 11.0. The van der Waals surface area contributed by atoms with Crippen LogP contribution in [0.3, 0.4) is 0 Å². The van der Waals surface area contributed by atoms with Crippen LogP contribution in [-0.4, -0.2) is 86.4 Å². The third-order valence-corrected chi connectivity index (χ3v) is 10.8. The molecule has 0 spiro atoms. The van der Waals surface area contributed by atoms with Gasteiger partial charge in [-0.15, -0.1) is 5.10 Å². The van der Waals surface area contributed by atoms with Gasteiger partial charge in [0.15, 0.2) is 5.15 Å². The van der Waals surface area contributed by atoms with Crippen molar-refractivity contribution in [3.8, 4) is 16.9 Å². The van der Waals surface area contributed by atoms with E-state index in [4.69, 9.17) is 28.2 Å². The van der Waals surface area contributed by atoms with Crippen LogP contribution in [0.2, 0.25) is 10.2 Å². The Hall–Kier alpha value is -2.38. The van der Waals surface area contributed by atoms with E-state index in [9.17, 15) is 4.79 Å². The van der Waals surface area contributed by atoms with E-state index in [1.807, 2.05) is 10.6 Å². The minimum absolute atomic E-state index is 0.0229. The summed E-state index contributed by atoms with van der Waals surface area (Å²) in [5, 5.41) is 22.7. The van der Waals surface area contributed by atoms with Gasteiger partial charge in [-0.2, -0.15) is 0 Å². The predicted octanol–water partition coefficient (Wildman–Crippen LogP) is 3.43. The first-order chi connectivity index (χ1) is 21.9. The van der Waals surface area contributed by atoms with E-state index >= 15 is 0 Å². The fraction of sp³-hybridized carbons (Fsp3) is 0.625. The van der Waals surface area contributed by atoms with Crippen LogP contribution in [0.1, 0.15) is 57.9 Å². The lowest BCUT2D eigenvalue weighted by molar-refractivity contribution is 0.111. The van der Waals surface area contributed by atoms with E-state index in [1.165, 1.54) is 12.8 Å². The van der Waals surface area contributed by atoms with E-state index in [-0.39, 0.29) is 22.8 Å². The molecule has 0 saturated carbocycles. The molecule has 4 aliphatic rings. The van der Waals surface area contributed by atoms with Gasteiger partial charge in [-0.3, -0.25) is 9.36 Å². The highest BCUT2D eigenvalue weighted by atomic mass is 35.5. The maximum Gasteiger partial charge on any atom is 0.254 e. The van der Waals surface area contributed by atoms with Crippen molar-refractivity contribution < 1.29 is 0 Å². The van der Waals surface area contributed by atoms with Gasteiger partial charge < -0.3 is 16.0 Å². The molecule has 11 nitrogen and oxygen atoms in total. The SMILES string of the molecule is C[C@@H]1CCC[C@H](n2cnc(-c3cc(Cl)ccc3-n3cc(Cl)nn3)cc2=O)C2CC(CCN2)C2NN(C3CCNCC3)CC2NC1. The van der Waals surface area contributed by atoms with Gasteiger partial charge >= 0.3 is 0 Å². The number of halogens is 2. The second kappa shape index (κ2) is 13.8. The number of nitrogens with zero attached hydrogens (tertiary/aromatic N) is 6. The van der Waals surface area contributed by atoms with Crippen LogP contribution >= 0.6 is 23.2 Å². The Morgan fingerprint density at radius 1 is 0.978 bits per heavy atom. The molecule has 7 rings (SSSR count). The molecule has 0 amide bonds. The molecule has 4 aliphatic heterocycles. The van der Waals surface area contributed by atoms with Gasteiger partial charge in [0.25, 0.3) is 5.56 Å². The molecule has 4 fully saturated rings. The van der Waals surface area contributed by atoms with Crippen molar-refractivity contribution in [2.75, 3.05) is 32.7 Å². The molecule has 3 aromatic rings. The molecule has 2 bridgehead atoms. The second-order valence-electron chi connectivity index (χ2n) is 13.4. The van der Waals surface area contributed by atoms with Crippen LogP contribution in [0.5, 0.6) is 0 Å². The van der Waals surface area contributed by atoms with Gasteiger partial charge in [0.2, 0.25) is 0 Å². The summed E-state index contributed by atoms with van der Waals surface area (Å²) in [6, 6.07) is 8.66. The first-order valence-electron chi connectivity index (χ1n) is 16.6. The highest BCUT2D eigenvalue weighted by molar-refractivity contribution is 6.31. The maximum atomic E-state index is 13.9. The summed E-state index contributed by atoms with van der Waals surface area (Å²) in [5.74, 6) is 1.08. The minimum atomic E-state index is -0.0627. The van der Waals surface area contributed by atoms with Crippen LogP contribution in [0.25, 0.3) is 16.9 Å². The molecule has 4 unspecified atom stereocenters. The van der Waals surface area contributed by atoms with E-state index in [2.05, 4.69) is 43.6 Å². The first-order valence-corrected chi connectivity index (χ1v) is 17.3. The Bertz CT molecular complexity index is 1520. The van der Waals surface area contributed by atoms with Gasteiger partial charge in [0.1, 0.15) is 0 Å². The van der Waals surface area contributed by atoms with Crippen molar-refractivity contribution >= 4 is 23.2 Å². The lowest BCUT2D eigenvalue weighted by Gasteiger charge is -2.40. The minimum Gasteiger partial charge on any atom is -0.317 e. The highest BCUT2D eigenvalue weighted by Crippen LogP contribution is 2.34. The van der Waals surface area contributed by atoms with Gasteiger partial charge in [-0.05, 0) is 94.7 Å². The van der Waals surface area contributed by atoms with Crippen molar-refractivity contribution in [2.45, 2.75) is 82.1 Å². The number of hydrazine groups is 1. The topological polar surface area (TPSA) is 117 Å². The van der Waals surface area contributed by atoms with Crippen molar-refractivity contribution in [3.05, 3.63) is 57.3 Å². The van der Waals surface area contributed by atoms with Gasteiger partial charge in [0, 0.05) is 47.4 Å². The van der Waals surface area contributed by atoms with Crippen molar-refractivity contribution in [3.63, 3.8) is 0 Å². The fourth-order valence-electron chi connectivity index (χ4n) is 8.00. The second-order valence-corrected chi connectivity index (χ2v) is 14.2. The van der Waals surface area contributed by atoms with E-state index in [0.717, 1.165) is 64.8 Å². The molecule has 242 valence electrons. The zero-order valence-corrected chi connectivity index (χ0v) is 27.4. The van der Waals surface area contributed by atoms with Crippen molar-refractivity contribution in [1.82, 2.24) is 50.9 Å². The molecule has 13 heteroatoms. The normalized spacial score (nSPS) is 30.4. The number of hydrogen-bond donors (Lipinski definition) is 4. The number of aromatic nitrogens is 5. The molecular weight excluding hydrogens is 611 g/mol. The maximum absolute atomic E-state index is 13.9. The Kier molecular flexibility index (Phi) is 9.56. The van der Waals surface area contributed by atoms with E-state index < -0.39 is 0 Å². The number of rotatable bonds is 4. The summed E-state index contributed by atoms with van der Waals surface area (Å²) >= 11 is 12.4. The Morgan fingerprint density at radius 2 is 1.84 bits per heavy atom. The van der Waals surface area contributed by atoms with Gasteiger partial charge in [0.05, 0.1) is 29.9 Å². The molecule has 45 heavy (non-hydrogen) atoms. The largest absolute Gasteiger partial charge is 0.317 e. The molecule has 0 radical (unpaired) electrons. The van der Waals surface area contributed by atoms with Crippen LogP contribution in [0.15, 0.2) is 41.6 Å². The average molecular weight is 656 g/mol. The summed E-state index contributed by atoms with van der Waals surface area (Å²) in [4.78, 5) is 18.8. The average Bonchev–Trinajstić information content (AvgIpc) is 3.69. The quantitative estimate of drug-likeness (QED) is 0.336. The van der Waals surface area contributed by atoms with Crippen LogP contribution in [0, 0.1) is 11.8 Å². The zero-order valence-electron chi connectivity index (χ0n) is 25.8. The highest BCUT2D eigenvalue weighted by Gasteiger charge is 2.43. The van der Waals surface area contributed by atoms with Crippen LogP contribution in [0.4, 0.5) is 0 Å². The predicted molar refractivity (Wildman–Crippen MR) is 177 cm³/mol. The summed E-state index contributed by atoms with van der Waals surface area (Å²) in [5.41, 5.74) is 5.88. The van der Waals surface area contributed by atoms with Crippen molar-refractivity contribution in [2.24, 2.45) is 11.8 Å². The summed E-state index contributed by atoms with van der Waals surface area (Å²) in [6.45, 7) is 7.56. The number of hydrogen-bond acceptors (Lipinski definition) is 9. The molecule has 6 atom stereocenters. The van der Waals surface area contributed by atoms with Gasteiger partial charge in [-0.25, -0.2) is 20.1 Å². The Morgan fingerprint density at radius 3 is 2.64 bits per heavy atom. The van der Waals surface area contributed by atoms with Gasteiger partial charge in [-0.1, -0.05) is 41.8 Å². The Balaban J connectivity index is 1.16. The number of piperidine rings is 2. The van der Waals surface area contributed by atoms with Crippen molar-refractivity contribution in [1.29, 1.82) is 0 Å². The lowest BCUT2D eigenvalue weighted by atomic mass is 9.80. The monoisotopic (exact) mass is 654 g/mol. The number of nitrogens with one attached hydrogen (secondary N) is 4. The molecule has 0 aliphatic carbocycles. The van der Waals surface area contributed by atoms with E-state index in [0.29, 0.717) is 51.9 Å². The summed E-state index contributed by atoms with van der Waals surface area (Å²) < 4.78 is 3.45. The molecular formula is C32H44Cl2N10O. The third-order valence-electron chi connectivity index (χ3n) is 10.4. The van der Waals surface area contributed by atoms with E-state index in [1.54, 1.807) is 35.4 Å². The molecule has 1 aromatic carbocycles. The van der Waals surface area contributed by atoms with Crippen LogP contribution < -0.4 is 26.9 Å². The van der Waals surface area contributed by atoms with Crippen LogP contribution in [-0.2, 0) is 0 Å². The molecule has 4 saturated heterocycles. The summed E-state index contributed by atoms with van der Waals surface area (Å²) in [7, 11) is 0. The number of fused-ring (bicyclic) bond motifs is 4. The molecule has 2 aromatic heterocycles. The zero-order chi connectivity index (χ0) is 30.9. The lowest BCUT2D eigenvalue weighted by Crippen LogP contribution is -2.55.